The van der Waals surface area contributed by atoms with E-state index in [1.165, 1.54) is 5.56 Å². The maximum Gasteiger partial charge on any atom is 0.119 e. The van der Waals surface area contributed by atoms with Gasteiger partial charge >= 0.3 is 0 Å². The predicted molar refractivity (Wildman–Crippen MR) is 55.6 cm³/mol. The fourth-order valence-corrected chi connectivity index (χ4v) is 1.17. The monoisotopic (exact) mass is 177 g/mol. The third kappa shape index (κ3) is 2.25. The summed E-state index contributed by atoms with van der Waals surface area (Å²) in [5.74, 6) is 0.834. The summed E-state index contributed by atoms with van der Waals surface area (Å²) in [5, 5.41) is 0. The summed E-state index contributed by atoms with van der Waals surface area (Å²) < 4.78 is 5.15. The van der Waals surface area contributed by atoms with Crippen molar-refractivity contribution in [3.05, 3.63) is 35.9 Å². The molecule has 0 spiro atoms. The van der Waals surface area contributed by atoms with E-state index in [2.05, 4.69) is 13.5 Å². The van der Waals surface area contributed by atoms with Crippen LogP contribution in [-0.4, -0.2) is 7.11 Å². The zero-order chi connectivity index (χ0) is 9.84. The third-order valence-electron chi connectivity index (χ3n) is 1.98. The second kappa shape index (κ2) is 3.99. The highest BCUT2D eigenvalue weighted by Gasteiger charge is 2.00. The Balaban J connectivity index is 3.14. The molecule has 2 N–H and O–H groups in total. The van der Waals surface area contributed by atoms with Crippen molar-refractivity contribution in [3.8, 4) is 5.75 Å². The Morgan fingerprint density at radius 2 is 2.15 bits per heavy atom. The summed E-state index contributed by atoms with van der Waals surface area (Å²) in [7, 11) is 1.65. The molecule has 0 amide bonds. The molecule has 1 rings (SSSR count). The average Bonchev–Trinajstić information content (AvgIpc) is 2.16. The Kier molecular flexibility index (Phi) is 2.96. The van der Waals surface area contributed by atoms with E-state index < -0.39 is 0 Å². The molecule has 1 aromatic rings. The maximum atomic E-state index is 5.61. The summed E-state index contributed by atoms with van der Waals surface area (Å²) in [4.78, 5) is 0. The van der Waals surface area contributed by atoms with Crippen molar-refractivity contribution in [2.45, 2.75) is 13.3 Å². The highest BCUT2D eigenvalue weighted by molar-refractivity contribution is 5.62. The lowest BCUT2D eigenvalue weighted by Gasteiger charge is -2.07. The molecule has 0 bridgehead atoms. The Morgan fingerprint density at radius 1 is 1.46 bits per heavy atom. The van der Waals surface area contributed by atoms with Crippen molar-refractivity contribution in [2.75, 3.05) is 7.11 Å². The van der Waals surface area contributed by atoms with Crippen molar-refractivity contribution in [2.24, 2.45) is 5.73 Å². The Morgan fingerprint density at radius 3 is 2.62 bits per heavy atom. The van der Waals surface area contributed by atoms with Crippen molar-refractivity contribution >= 4 is 5.70 Å². The van der Waals surface area contributed by atoms with E-state index in [1.807, 2.05) is 18.2 Å². The van der Waals surface area contributed by atoms with Crippen molar-refractivity contribution in [3.63, 3.8) is 0 Å². The van der Waals surface area contributed by atoms with Crippen LogP contribution in [0.2, 0.25) is 0 Å². The van der Waals surface area contributed by atoms with Crippen LogP contribution in [0.3, 0.4) is 0 Å². The third-order valence-corrected chi connectivity index (χ3v) is 1.98. The topological polar surface area (TPSA) is 35.2 Å². The predicted octanol–water partition coefficient (Wildman–Crippen LogP) is 2.19. The lowest BCUT2D eigenvalue weighted by molar-refractivity contribution is 0.414. The molecule has 0 unspecified atom stereocenters. The van der Waals surface area contributed by atoms with Crippen LogP contribution in [-0.2, 0) is 6.42 Å². The van der Waals surface area contributed by atoms with E-state index >= 15 is 0 Å². The molecule has 2 heteroatoms. The first kappa shape index (κ1) is 9.65. The van der Waals surface area contributed by atoms with Crippen LogP contribution in [0.15, 0.2) is 24.8 Å². The molecular weight excluding hydrogens is 162 g/mol. The van der Waals surface area contributed by atoms with Gasteiger partial charge in [0.1, 0.15) is 5.75 Å². The smallest absolute Gasteiger partial charge is 0.119 e. The number of hydrogen-bond acceptors (Lipinski definition) is 2. The molecular formula is C11H15NO. The first-order chi connectivity index (χ1) is 6.17. The summed E-state index contributed by atoms with van der Waals surface area (Å²) in [5.41, 5.74) is 8.34. The molecule has 70 valence electrons. The fourth-order valence-electron chi connectivity index (χ4n) is 1.17. The van der Waals surface area contributed by atoms with Gasteiger partial charge in [0.2, 0.25) is 0 Å². The molecule has 13 heavy (non-hydrogen) atoms. The number of rotatable bonds is 3. The van der Waals surface area contributed by atoms with Gasteiger partial charge in [0.25, 0.3) is 0 Å². The lowest BCUT2D eigenvalue weighted by atomic mass is 10.1. The van der Waals surface area contributed by atoms with Gasteiger partial charge in [-0.3, -0.25) is 0 Å². The van der Waals surface area contributed by atoms with Crippen LogP contribution in [0.1, 0.15) is 18.1 Å². The van der Waals surface area contributed by atoms with Gasteiger partial charge in [-0.25, -0.2) is 0 Å². The Labute approximate surface area is 79.0 Å². The van der Waals surface area contributed by atoms with Crippen molar-refractivity contribution < 1.29 is 4.74 Å². The van der Waals surface area contributed by atoms with E-state index in [1.54, 1.807) is 7.11 Å². The summed E-state index contributed by atoms with van der Waals surface area (Å²) in [6.07, 6.45) is 0.970. The Bertz CT molecular complexity index is 296. The molecule has 0 saturated carbocycles. The largest absolute Gasteiger partial charge is 0.497 e. The number of ether oxygens (including phenoxy) is 1. The van der Waals surface area contributed by atoms with Crippen LogP contribution in [0.25, 0.3) is 5.70 Å². The first-order valence-electron chi connectivity index (χ1n) is 4.30. The molecule has 0 aromatic heterocycles. The van der Waals surface area contributed by atoms with Crippen LogP contribution in [0, 0.1) is 0 Å². The van der Waals surface area contributed by atoms with Gasteiger partial charge in [-0.2, -0.15) is 0 Å². The zero-order valence-electron chi connectivity index (χ0n) is 8.13. The molecule has 0 aliphatic rings. The van der Waals surface area contributed by atoms with Crippen LogP contribution < -0.4 is 10.5 Å². The van der Waals surface area contributed by atoms with E-state index in [0.717, 1.165) is 17.7 Å². The standard InChI is InChI=1S/C11H15NO/c1-4-9-5-10(8(2)12)7-11(6-9)13-3/h5-7H,2,4,12H2,1,3H3. The summed E-state index contributed by atoms with van der Waals surface area (Å²) in [6, 6.07) is 5.93. The highest BCUT2D eigenvalue weighted by atomic mass is 16.5. The van der Waals surface area contributed by atoms with Gasteiger partial charge in [-0.15, -0.1) is 0 Å². The molecule has 1 aromatic carbocycles. The quantitative estimate of drug-likeness (QED) is 0.768. The molecule has 2 nitrogen and oxygen atoms in total. The number of nitrogens with two attached hydrogens (primary N) is 1. The second-order valence-corrected chi connectivity index (χ2v) is 2.95. The van der Waals surface area contributed by atoms with Gasteiger partial charge < -0.3 is 10.5 Å². The van der Waals surface area contributed by atoms with Crippen LogP contribution >= 0.6 is 0 Å². The van der Waals surface area contributed by atoms with Crippen LogP contribution in [0.4, 0.5) is 0 Å². The minimum Gasteiger partial charge on any atom is -0.497 e. The maximum absolute atomic E-state index is 5.61. The molecule has 0 fully saturated rings. The lowest BCUT2D eigenvalue weighted by Crippen LogP contribution is -1.96. The first-order valence-corrected chi connectivity index (χ1v) is 4.30. The number of methoxy groups -OCH3 is 1. The molecule has 0 saturated heterocycles. The zero-order valence-corrected chi connectivity index (χ0v) is 8.13. The summed E-state index contributed by atoms with van der Waals surface area (Å²) in [6.45, 7) is 5.79. The van der Waals surface area contributed by atoms with E-state index in [4.69, 9.17) is 10.5 Å². The molecule has 0 aliphatic carbocycles. The summed E-state index contributed by atoms with van der Waals surface area (Å²) >= 11 is 0. The average molecular weight is 177 g/mol. The van der Waals surface area contributed by atoms with Gasteiger partial charge in [-0.1, -0.05) is 13.5 Å². The minimum absolute atomic E-state index is 0.577. The fraction of sp³-hybridized carbons (Fsp3) is 0.273. The number of benzene rings is 1. The van der Waals surface area contributed by atoms with Crippen LogP contribution in [0.5, 0.6) is 5.75 Å². The number of hydrogen-bond donors (Lipinski definition) is 1. The SMILES string of the molecule is C=C(N)c1cc(CC)cc(OC)c1. The van der Waals surface area contributed by atoms with Gasteiger partial charge in [0.05, 0.1) is 7.11 Å². The molecule has 0 aliphatic heterocycles. The van der Waals surface area contributed by atoms with Gasteiger partial charge in [0.15, 0.2) is 0 Å². The van der Waals surface area contributed by atoms with Gasteiger partial charge in [-0.05, 0) is 30.2 Å². The Hall–Kier alpha value is -1.44. The van der Waals surface area contributed by atoms with Crippen molar-refractivity contribution in [1.82, 2.24) is 0 Å². The minimum atomic E-state index is 0.577. The van der Waals surface area contributed by atoms with Crippen molar-refractivity contribution in [1.29, 1.82) is 0 Å². The van der Waals surface area contributed by atoms with E-state index in [-0.39, 0.29) is 0 Å². The van der Waals surface area contributed by atoms with Gasteiger partial charge in [0, 0.05) is 11.3 Å². The molecule has 0 heterocycles. The van der Waals surface area contributed by atoms with E-state index in [9.17, 15) is 0 Å². The van der Waals surface area contributed by atoms with E-state index in [0.29, 0.717) is 5.70 Å². The second-order valence-electron chi connectivity index (χ2n) is 2.95. The molecule has 0 atom stereocenters. The normalized spacial score (nSPS) is 9.69. The number of aryl methyl sites for hydroxylation is 1. The molecule has 0 radical (unpaired) electrons. The highest BCUT2D eigenvalue weighted by Crippen LogP contribution is 2.19.